The lowest BCUT2D eigenvalue weighted by Crippen LogP contribution is -2.34. The fraction of sp³-hybridized carbons (Fsp3) is 0.158. The number of halogens is 2. The van der Waals surface area contributed by atoms with E-state index in [4.69, 9.17) is 0 Å². The molecule has 4 rings (SSSR count). The van der Waals surface area contributed by atoms with Crippen molar-refractivity contribution in [1.82, 2.24) is 9.97 Å². The number of thioether (sulfide) groups is 1. The van der Waals surface area contributed by atoms with Crippen molar-refractivity contribution >= 4 is 27.5 Å². The lowest BCUT2D eigenvalue weighted by molar-refractivity contribution is 0.576. The quantitative estimate of drug-likeness (QED) is 0.468. The van der Waals surface area contributed by atoms with Crippen LogP contribution >= 0.6 is 11.8 Å². The van der Waals surface area contributed by atoms with Crippen LogP contribution in [0.5, 0.6) is 0 Å². The molecule has 0 N–H and O–H groups in total. The first-order chi connectivity index (χ1) is 13.4. The van der Waals surface area contributed by atoms with E-state index in [-0.39, 0.29) is 10.6 Å². The highest BCUT2D eigenvalue weighted by atomic mass is 32.2. The number of nitrogens with zero attached hydrogens (tertiary/aromatic N) is 3. The number of sulfonamides is 1. The summed E-state index contributed by atoms with van der Waals surface area (Å²) in [7, 11) is -3.74. The van der Waals surface area contributed by atoms with E-state index in [1.807, 2.05) is 12.1 Å². The molecule has 3 aromatic rings. The van der Waals surface area contributed by atoms with Crippen molar-refractivity contribution in [2.24, 2.45) is 0 Å². The Labute approximate surface area is 165 Å². The second-order valence-corrected chi connectivity index (χ2v) is 8.85. The van der Waals surface area contributed by atoms with Crippen LogP contribution in [0.2, 0.25) is 0 Å². The molecule has 28 heavy (non-hydrogen) atoms. The average molecular weight is 419 g/mol. The molecule has 1 aromatic heterocycles. The molecule has 0 atom stereocenters. The zero-order valence-electron chi connectivity index (χ0n) is 14.8. The highest BCUT2D eigenvalue weighted by Gasteiger charge is 2.35. The second kappa shape index (κ2) is 7.14. The first-order valence-electron chi connectivity index (χ1n) is 8.47. The molecule has 5 nitrogen and oxygen atoms in total. The summed E-state index contributed by atoms with van der Waals surface area (Å²) in [5, 5.41) is 0.317. The maximum absolute atomic E-state index is 13.8. The monoisotopic (exact) mass is 419 g/mol. The number of rotatable bonds is 4. The van der Waals surface area contributed by atoms with Crippen LogP contribution in [-0.2, 0) is 15.8 Å². The minimum atomic E-state index is -3.74. The van der Waals surface area contributed by atoms with Gasteiger partial charge in [-0.25, -0.2) is 27.2 Å². The summed E-state index contributed by atoms with van der Waals surface area (Å²) in [5.41, 5.74) is 1.92. The van der Waals surface area contributed by atoms with Crippen molar-refractivity contribution in [2.75, 3.05) is 10.8 Å². The van der Waals surface area contributed by atoms with Gasteiger partial charge in [0.15, 0.2) is 5.16 Å². The minimum Gasteiger partial charge on any atom is -0.266 e. The molecule has 0 amide bonds. The van der Waals surface area contributed by atoms with Gasteiger partial charge in [-0.1, -0.05) is 36.0 Å². The molecule has 0 bridgehead atoms. The largest absolute Gasteiger partial charge is 0.268 e. The highest BCUT2D eigenvalue weighted by Crippen LogP contribution is 2.42. The Balaban J connectivity index is 1.72. The number of anilines is 1. The lowest BCUT2D eigenvalue weighted by atomic mass is 10.1. The summed E-state index contributed by atoms with van der Waals surface area (Å²) in [6, 6.07) is 10.5. The third-order valence-electron chi connectivity index (χ3n) is 4.39. The number of aromatic nitrogens is 2. The maximum atomic E-state index is 13.8. The van der Waals surface area contributed by atoms with Gasteiger partial charge in [-0.3, -0.25) is 4.31 Å². The van der Waals surface area contributed by atoms with Gasteiger partial charge < -0.3 is 0 Å². The predicted molar refractivity (Wildman–Crippen MR) is 104 cm³/mol. The van der Waals surface area contributed by atoms with Gasteiger partial charge in [0, 0.05) is 23.9 Å². The molecule has 0 spiro atoms. The van der Waals surface area contributed by atoms with Crippen molar-refractivity contribution in [3.05, 3.63) is 65.9 Å². The Morgan fingerprint density at radius 2 is 1.93 bits per heavy atom. The van der Waals surface area contributed by atoms with Gasteiger partial charge in [0.05, 0.1) is 17.6 Å². The summed E-state index contributed by atoms with van der Waals surface area (Å²) in [6.45, 7) is 2.06. The summed E-state index contributed by atoms with van der Waals surface area (Å²) in [4.78, 5) is 8.62. The van der Waals surface area contributed by atoms with E-state index < -0.39 is 21.7 Å². The molecule has 0 fully saturated rings. The van der Waals surface area contributed by atoms with Gasteiger partial charge in [-0.15, -0.1) is 0 Å². The number of hydrogen-bond donors (Lipinski definition) is 0. The minimum absolute atomic E-state index is 0.0466. The number of para-hydroxylation sites is 1. The van der Waals surface area contributed by atoms with Gasteiger partial charge in [0.25, 0.3) is 10.0 Å². The molecule has 0 aliphatic carbocycles. The van der Waals surface area contributed by atoms with Crippen LogP contribution in [0.25, 0.3) is 11.3 Å². The SMILES string of the molecule is CCN1c2ccccc2-c2nc(SCc3ccc(F)cc3F)ncc2S1(=O)=O. The highest BCUT2D eigenvalue weighted by molar-refractivity contribution is 7.98. The first-order valence-corrected chi connectivity index (χ1v) is 10.9. The molecule has 2 heterocycles. The Morgan fingerprint density at radius 3 is 2.68 bits per heavy atom. The molecule has 1 aliphatic heterocycles. The molecular weight excluding hydrogens is 404 g/mol. The van der Waals surface area contributed by atoms with Crippen molar-refractivity contribution in [2.45, 2.75) is 22.7 Å². The Kier molecular flexibility index (Phi) is 4.80. The van der Waals surface area contributed by atoms with Gasteiger partial charge in [0.2, 0.25) is 0 Å². The lowest BCUT2D eigenvalue weighted by Gasteiger charge is -2.30. The van der Waals surface area contributed by atoms with Crippen LogP contribution in [0, 0.1) is 11.6 Å². The zero-order chi connectivity index (χ0) is 19.9. The zero-order valence-corrected chi connectivity index (χ0v) is 16.4. The molecule has 9 heteroatoms. The van der Waals surface area contributed by atoms with Gasteiger partial charge in [-0.2, -0.15) is 0 Å². The summed E-state index contributed by atoms with van der Waals surface area (Å²) < 4.78 is 54.0. The normalized spacial score (nSPS) is 14.5. The Bertz CT molecular complexity index is 1170. The van der Waals surface area contributed by atoms with Crippen LogP contribution in [0.1, 0.15) is 12.5 Å². The van der Waals surface area contributed by atoms with Crippen LogP contribution in [-0.4, -0.2) is 24.9 Å². The van der Waals surface area contributed by atoms with Crippen LogP contribution < -0.4 is 4.31 Å². The van der Waals surface area contributed by atoms with Crippen LogP contribution in [0.15, 0.2) is 58.7 Å². The van der Waals surface area contributed by atoms with E-state index in [1.54, 1.807) is 19.1 Å². The van der Waals surface area contributed by atoms with E-state index in [0.717, 1.165) is 17.8 Å². The molecule has 1 aliphatic rings. The summed E-state index contributed by atoms with van der Waals surface area (Å²) in [5.74, 6) is -1.09. The fourth-order valence-corrected chi connectivity index (χ4v) is 5.45. The third-order valence-corrected chi connectivity index (χ3v) is 7.19. The second-order valence-electron chi connectivity index (χ2n) is 6.08. The first kappa shape index (κ1) is 18.8. The molecule has 0 saturated carbocycles. The van der Waals surface area contributed by atoms with E-state index in [2.05, 4.69) is 9.97 Å². The van der Waals surface area contributed by atoms with Crippen molar-refractivity contribution < 1.29 is 17.2 Å². The molecular formula is C19H15F2N3O2S2. The van der Waals surface area contributed by atoms with E-state index in [9.17, 15) is 17.2 Å². The van der Waals surface area contributed by atoms with Crippen LogP contribution in [0.3, 0.4) is 0 Å². The number of benzene rings is 2. The Hall–Kier alpha value is -2.52. The number of fused-ring (bicyclic) bond motifs is 3. The summed E-state index contributed by atoms with van der Waals surface area (Å²) >= 11 is 1.15. The van der Waals surface area contributed by atoms with Crippen molar-refractivity contribution in [1.29, 1.82) is 0 Å². The van der Waals surface area contributed by atoms with Gasteiger partial charge in [0.1, 0.15) is 16.5 Å². The standard InChI is InChI=1S/C19H15F2N3O2S2/c1-2-24-16-6-4-3-5-14(16)18-17(28(24,25)26)10-22-19(23-18)27-11-12-7-8-13(20)9-15(12)21/h3-10H,2,11H2,1H3. The third kappa shape index (κ3) is 3.14. The van der Waals surface area contributed by atoms with E-state index >= 15 is 0 Å². The molecule has 144 valence electrons. The van der Waals surface area contributed by atoms with Gasteiger partial charge >= 0.3 is 0 Å². The molecule has 0 saturated heterocycles. The molecule has 0 unspecified atom stereocenters. The van der Waals surface area contributed by atoms with Crippen molar-refractivity contribution in [3.63, 3.8) is 0 Å². The topological polar surface area (TPSA) is 63.2 Å². The van der Waals surface area contributed by atoms with E-state index in [1.165, 1.54) is 22.6 Å². The molecule has 2 aromatic carbocycles. The van der Waals surface area contributed by atoms with Gasteiger partial charge in [-0.05, 0) is 24.6 Å². The average Bonchev–Trinajstić information content (AvgIpc) is 2.67. The maximum Gasteiger partial charge on any atom is 0.268 e. The number of hydrogen-bond acceptors (Lipinski definition) is 5. The smallest absolute Gasteiger partial charge is 0.266 e. The molecule has 0 radical (unpaired) electrons. The van der Waals surface area contributed by atoms with E-state index in [0.29, 0.717) is 34.2 Å². The fourth-order valence-electron chi connectivity index (χ4n) is 3.07. The van der Waals surface area contributed by atoms with Crippen LogP contribution in [0.4, 0.5) is 14.5 Å². The predicted octanol–water partition coefficient (Wildman–Crippen LogP) is 4.24. The summed E-state index contributed by atoms with van der Waals surface area (Å²) in [6.07, 6.45) is 1.29. The van der Waals surface area contributed by atoms with Crippen molar-refractivity contribution in [3.8, 4) is 11.3 Å². The Morgan fingerprint density at radius 1 is 1.14 bits per heavy atom.